The van der Waals surface area contributed by atoms with Crippen LogP contribution in [0.1, 0.15) is 12.5 Å². The van der Waals surface area contributed by atoms with Crippen LogP contribution in [0.3, 0.4) is 0 Å². The Morgan fingerprint density at radius 2 is 2.29 bits per heavy atom. The number of hydrogen-bond acceptors (Lipinski definition) is 4. The Balaban J connectivity index is 2.49. The molecule has 1 fully saturated rings. The molecule has 1 aliphatic rings. The molecule has 1 atom stereocenters. The Labute approximate surface area is 123 Å². The van der Waals surface area contributed by atoms with Crippen molar-refractivity contribution in [3.05, 3.63) is 29.6 Å². The van der Waals surface area contributed by atoms with Crippen molar-refractivity contribution in [2.45, 2.75) is 17.9 Å². The lowest BCUT2D eigenvalue weighted by Gasteiger charge is -2.32. The van der Waals surface area contributed by atoms with E-state index in [2.05, 4.69) is 11.8 Å². The average molecular weight is 313 g/mol. The van der Waals surface area contributed by atoms with E-state index in [4.69, 9.17) is 9.84 Å². The summed E-state index contributed by atoms with van der Waals surface area (Å²) in [5.41, 5.74) is 0.0442. The summed E-state index contributed by atoms with van der Waals surface area (Å²) in [5, 5.41) is 8.74. The highest BCUT2D eigenvalue weighted by Crippen LogP contribution is 2.24. The van der Waals surface area contributed by atoms with E-state index in [1.54, 1.807) is 6.92 Å². The second-order valence-corrected chi connectivity index (χ2v) is 6.50. The van der Waals surface area contributed by atoms with Gasteiger partial charge in [0.15, 0.2) is 0 Å². The fourth-order valence-corrected chi connectivity index (χ4v) is 3.88. The lowest BCUT2D eigenvalue weighted by atomic mass is 10.2. The first-order valence-electron chi connectivity index (χ1n) is 6.45. The summed E-state index contributed by atoms with van der Waals surface area (Å²) in [6.07, 6.45) is 0. The highest BCUT2D eigenvalue weighted by Gasteiger charge is 2.32. The van der Waals surface area contributed by atoms with Gasteiger partial charge in [-0.1, -0.05) is 11.8 Å². The van der Waals surface area contributed by atoms with Crippen LogP contribution in [0.5, 0.6) is 0 Å². The topological polar surface area (TPSA) is 66.8 Å². The fourth-order valence-electron chi connectivity index (χ4n) is 2.15. The molecule has 5 nitrogen and oxygen atoms in total. The molecule has 1 aromatic rings. The van der Waals surface area contributed by atoms with Gasteiger partial charge in [-0.2, -0.15) is 4.31 Å². The van der Waals surface area contributed by atoms with Gasteiger partial charge >= 0.3 is 0 Å². The Morgan fingerprint density at radius 1 is 1.52 bits per heavy atom. The standard InChI is InChI=1S/C14H16FNO4S/c1-11-10-20-8-6-16(11)21(18,19)14-5-4-13(15)9-12(14)3-2-7-17/h4-5,9,11,17H,6-8,10H2,1H3. The van der Waals surface area contributed by atoms with Crippen LogP contribution < -0.4 is 0 Å². The molecule has 0 aliphatic carbocycles. The highest BCUT2D eigenvalue weighted by atomic mass is 32.2. The summed E-state index contributed by atoms with van der Waals surface area (Å²) in [5.74, 6) is 4.26. The maximum atomic E-state index is 13.3. The number of sulfonamides is 1. The number of nitrogens with zero attached hydrogens (tertiary/aromatic N) is 1. The lowest BCUT2D eigenvalue weighted by molar-refractivity contribution is 0.0392. The minimum atomic E-state index is -3.79. The van der Waals surface area contributed by atoms with Crippen molar-refractivity contribution < 1.29 is 22.7 Å². The Hall–Kier alpha value is -1.46. The Morgan fingerprint density at radius 3 is 2.95 bits per heavy atom. The molecule has 1 aromatic carbocycles. The van der Waals surface area contributed by atoms with E-state index in [9.17, 15) is 12.8 Å². The van der Waals surface area contributed by atoms with Crippen LogP contribution in [0.2, 0.25) is 0 Å². The van der Waals surface area contributed by atoms with Crippen molar-refractivity contribution in [2.24, 2.45) is 0 Å². The number of rotatable bonds is 2. The molecule has 1 unspecified atom stereocenters. The average Bonchev–Trinajstić information content (AvgIpc) is 2.45. The summed E-state index contributed by atoms with van der Waals surface area (Å²) in [7, 11) is -3.79. The first-order valence-corrected chi connectivity index (χ1v) is 7.89. The van der Waals surface area contributed by atoms with Gasteiger partial charge in [0, 0.05) is 18.2 Å². The molecule has 0 spiro atoms. The van der Waals surface area contributed by atoms with Gasteiger partial charge in [-0.15, -0.1) is 0 Å². The number of aliphatic hydroxyl groups is 1. The van der Waals surface area contributed by atoms with Crippen molar-refractivity contribution in [3.8, 4) is 11.8 Å². The van der Waals surface area contributed by atoms with Crippen molar-refractivity contribution in [1.82, 2.24) is 4.31 Å². The summed E-state index contributed by atoms with van der Waals surface area (Å²) in [6.45, 7) is 2.21. The normalized spacial score (nSPS) is 19.9. The molecular formula is C14H16FNO4S. The van der Waals surface area contributed by atoms with E-state index in [0.717, 1.165) is 12.1 Å². The molecule has 21 heavy (non-hydrogen) atoms. The number of benzene rings is 1. The zero-order valence-corrected chi connectivity index (χ0v) is 12.4. The predicted octanol–water partition coefficient (Wildman–Crippen LogP) is 0.579. The summed E-state index contributed by atoms with van der Waals surface area (Å²) >= 11 is 0. The molecule has 114 valence electrons. The molecule has 1 N–H and O–H groups in total. The monoisotopic (exact) mass is 313 g/mol. The third kappa shape index (κ3) is 3.41. The van der Waals surface area contributed by atoms with Crippen molar-refractivity contribution in [2.75, 3.05) is 26.4 Å². The smallest absolute Gasteiger partial charge is 0.244 e. The molecule has 0 amide bonds. The van der Waals surface area contributed by atoms with Crippen LogP contribution in [-0.2, 0) is 14.8 Å². The van der Waals surface area contributed by atoms with Gasteiger partial charge in [0.05, 0.1) is 18.1 Å². The summed E-state index contributed by atoms with van der Waals surface area (Å²) in [4.78, 5) is -0.0569. The number of hydrogen-bond donors (Lipinski definition) is 1. The summed E-state index contributed by atoms with van der Waals surface area (Å²) < 4.78 is 45.3. The van der Waals surface area contributed by atoms with Gasteiger partial charge in [0.25, 0.3) is 0 Å². The molecule has 0 saturated carbocycles. The van der Waals surface area contributed by atoms with E-state index < -0.39 is 22.4 Å². The molecule has 7 heteroatoms. The van der Waals surface area contributed by atoms with E-state index in [-0.39, 0.29) is 23.0 Å². The van der Waals surface area contributed by atoms with Gasteiger partial charge in [-0.25, -0.2) is 12.8 Å². The van der Waals surface area contributed by atoms with Gasteiger partial charge in [-0.05, 0) is 25.1 Å². The van der Waals surface area contributed by atoms with E-state index >= 15 is 0 Å². The minimum absolute atomic E-state index is 0.0442. The second-order valence-electron chi connectivity index (χ2n) is 4.64. The maximum Gasteiger partial charge on any atom is 0.244 e. The Kier molecular flexibility index (Phi) is 4.96. The maximum absolute atomic E-state index is 13.3. The van der Waals surface area contributed by atoms with Crippen LogP contribution in [-0.4, -0.2) is 50.2 Å². The van der Waals surface area contributed by atoms with Gasteiger partial charge in [0.2, 0.25) is 10.0 Å². The van der Waals surface area contributed by atoms with Crippen molar-refractivity contribution in [3.63, 3.8) is 0 Å². The van der Waals surface area contributed by atoms with E-state index in [1.807, 2.05) is 0 Å². The lowest BCUT2D eigenvalue weighted by Crippen LogP contribution is -2.47. The third-order valence-electron chi connectivity index (χ3n) is 3.14. The van der Waals surface area contributed by atoms with Gasteiger partial charge in [0.1, 0.15) is 12.4 Å². The Bertz CT molecular complexity index is 678. The number of halogens is 1. The fraction of sp³-hybridized carbons (Fsp3) is 0.429. The molecule has 1 heterocycles. The van der Waals surface area contributed by atoms with Crippen LogP contribution in [0.15, 0.2) is 23.1 Å². The number of aliphatic hydroxyl groups excluding tert-OH is 1. The largest absolute Gasteiger partial charge is 0.384 e. The molecule has 1 saturated heterocycles. The molecule has 0 radical (unpaired) electrons. The predicted molar refractivity (Wildman–Crippen MR) is 74.5 cm³/mol. The first-order chi connectivity index (χ1) is 9.96. The number of ether oxygens (including phenoxy) is 1. The van der Waals surface area contributed by atoms with Crippen LogP contribution >= 0.6 is 0 Å². The summed E-state index contributed by atoms with van der Waals surface area (Å²) in [6, 6.07) is 3.05. The van der Waals surface area contributed by atoms with Gasteiger partial charge < -0.3 is 9.84 Å². The molecule has 0 aromatic heterocycles. The second kappa shape index (κ2) is 6.54. The quantitative estimate of drug-likeness (QED) is 0.811. The zero-order chi connectivity index (χ0) is 15.5. The van der Waals surface area contributed by atoms with Crippen LogP contribution in [0, 0.1) is 17.7 Å². The minimum Gasteiger partial charge on any atom is -0.384 e. The third-order valence-corrected chi connectivity index (χ3v) is 5.21. The first kappa shape index (κ1) is 15.9. The van der Waals surface area contributed by atoms with Crippen molar-refractivity contribution >= 4 is 10.0 Å². The molecular weight excluding hydrogens is 297 g/mol. The highest BCUT2D eigenvalue weighted by molar-refractivity contribution is 7.89. The van der Waals surface area contributed by atoms with Crippen molar-refractivity contribution in [1.29, 1.82) is 0 Å². The molecule has 0 bridgehead atoms. The van der Waals surface area contributed by atoms with Crippen LogP contribution in [0.4, 0.5) is 4.39 Å². The SMILES string of the molecule is CC1COCCN1S(=O)(=O)c1ccc(F)cc1C#CCO. The van der Waals surface area contributed by atoms with E-state index in [1.165, 1.54) is 10.4 Å². The van der Waals surface area contributed by atoms with E-state index in [0.29, 0.717) is 13.2 Å². The zero-order valence-electron chi connectivity index (χ0n) is 11.5. The number of morpholine rings is 1. The molecule has 2 rings (SSSR count). The molecule has 1 aliphatic heterocycles. The van der Waals surface area contributed by atoms with Gasteiger partial charge in [-0.3, -0.25) is 0 Å². The van der Waals surface area contributed by atoms with Crippen LogP contribution in [0.25, 0.3) is 0 Å².